The second-order valence-electron chi connectivity index (χ2n) is 8.88. The molecule has 156 valence electrons. The first kappa shape index (κ1) is 21.0. The van der Waals surface area contributed by atoms with Gasteiger partial charge in [-0.2, -0.15) is 0 Å². The van der Waals surface area contributed by atoms with Gasteiger partial charge in [-0.1, -0.05) is 30.2 Å². The maximum atomic E-state index is 11.9. The molecule has 1 aromatic heterocycles. The van der Waals surface area contributed by atoms with Crippen LogP contribution in [0, 0.1) is 5.41 Å². The van der Waals surface area contributed by atoms with Gasteiger partial charge in [-0.25, -0.2) is 4.68 Å². The molecular weight excluding hydrogens is 354 g/mol. The number of nitrogens with zero attached hydrogens (tertiary/aromatic N) is 4. The molecule has 0 saturated carbocycles. The van der Waals surface area contributed by atoms with Crippen molar-refractivity contribution in [2.24, 2.45) is 5.41 Å². The lowest BCUT2D eigenvalue weighted by Crippen LogP contribution is -2.36. The van der Waals surface area contributed by atoms with Crippen LogP contribution in [-0.2, 0) is 0 Å². The first-order chi connectivity index (χ1) is 13.4. The predicted molar refractivity (Wildman–Crippen MR) is 109 cm³/mol. The van der Waals surface area contributed by atoms with E-state index in [1.165, 1.54) is 25.7 Å². The summed E-state index contributed by atoms with van der Waals surface area (Å²) in [6, 6.07) is 0.301. The highest BCUT2D eigenvalue weighted by molar-refractivity contribution is 5.91. The zero-order chi connectivity index (χ0) is 20.1. The Hall–Kier alpha value is -1.73. The molecule has 28 heavy (non-hydrogen) atoms. The standard InChI is InChI=1S/C21H35N5O2/c1-16-5-4-9-21(2,3)18(16)8-13-25-11-6-17(7-12-25)26-15-19(23-24-26)20(28)22-10-14-27/h15,17,27H,4-14H2,1-3H3,(H,22,28). The van der Waals surface area contributed by atoms with Gasteiger partial charge in [0.2, 0.25) is 0 Å². The molecule has 2 N–H and O–H groups in total. The minimum atomic E-state index is -0.281. The van der Waals surface area contributed by atoms with E-state index < -0.39 is 0 Å². The summed E-state index contributed by atoms with van der Waals surface area (Å²) in [7, 11) is 0. The van der Waals surface area contributed by atoms with Gasteiger partial charge in [-0.3, -0.25) is 4.79 Å². The van der Waals surface area contributed by atoms with Gasteiger partial charge in [0.25, 0.3) is 5.91 Å². The number of amides is 1. The van der Waals surface area contributed by atoms with Crippen molar-refractivity contribution in [2.75, 3.05) is 32.8 Å². The van der Waals surface area contributed by atoms with Gasteiger partial charge in [-0.15, -0.1) is 5.10 Å². The summed E-state index contributed by atoms with van der Waals surface area (Å²) in [4.78, 5) is 14.5. The fraction of sp³-hybridized carbons (Fsp3) is 0.762. The molecule has 1 aliphatic carbocycles. The summed E-state index contributed by atoms with van der Waals surface area (Å²) in [5.41, 5.74) is 3.96. The summed E-state index contributed by atoms with van der Waals surface area (Å²) < 4.78 is 1.84. The van der Waals surface area contributed by atoms with Crippen molar-refractivity contribution in [3.8, 4) is 0 Å². The minimum Gasteiger partial charge on any atom is -0.395 e. The number of aliphatic hydroxyl groups is 1. The summed E-state index contributed by atoms with van der Waals surface area (Å²) in [6.45, 7) is 10.5. The number of carbonyl (C=O) groups is 1. The summed E-state index contributed by atoms with van der Waals surface area (Å²) in [6.07, 6.45) is 8.87. The smallest absolute Gasteiger partial charge is 0.273 e. The quantitative estimate of drug-likeness (QED) is 0.700. The third-order valence-electron chi connectivity index (χ3n) is 6.44. The Morgan fingerprint density at radius 1 is 1.36 bits per heavy atom. The zero-order valence-electron chi connectivity index (χ0n) is 17.6. The van der Waals surface area contributed by atoms with E-state index >= 15 is 0 Å². The second-order valence-corrected chi connectivity index (χ2v) is 8.88. The van der Waals surface area contributed by atoms with Crippen molar-refractivity contribution in [1.29, 1.82) is 0 Å². The first-order valence-electron chi connectivity index (χ1n) is 10.6. The molecule has 0 aromatic carbocycles. The van der Waals surface area contributed by atoms with Crippen LogP contribution in [0.2, 0.25) is 0 Å². The van der Waals surface area contributed by atoms with Crippen molar-refractivity contribution in [3.05, 3.63) is 23.0 Å². The molecule has 2 aliphatic rings. The molecule has 0 bridgehead atoms. The lowest BCUT2D eigenvalue weighted by atomic mass is 9.71. The maximum absolute atomic E-state index is 11.9. The fourth-order valence-electron chi connectivity index (χ4n) is 4.72. The molecule has 1 fully saturated rings. The van der Waals surface area contributed by atoms with Gasteiger partial charge >= 0.3 is 0 Å². The Morgan fingerprint density at radius 2 is 2.11 bits per heavy atom. The van der Waals surface area contributed by atoms with E-state index in [0.717, 1.165) is 32.5 Å². The van der Waals surface area contributed by atoms with Crippen molar-refractivity contribution in [1.82, 2.24) is 25.2 Å². The monoisotopic (exact) mass is 389 g/mol. The Balaban J connectivity index is 1.48. The Labute approximate surface area is 168 Å². The number of aromatic nitrogens is 3. The first-order valence-corrected chi connectivity index (χ1v) is 10.6. The number of allylic oxidation sites excluding steroid dienone is 1. The largest absolute Gasteiger partial charge is 0.395 e. The van der Waals surface area contributed by atoms with Crippen LogP contribution in [-0.4, -0.2) is 63.7 Å². The molecular formula is C21H35N5O2. The maximum Gasteiger partial charge on any atom is 0.273 e. The van der Waals surface area contributed by atoms with Crippen molar-refractivity contribution in [2.45, 2.75) is 65.3 Å². The lowest BCUT2D eigenvalue weighted by molar-refractivity contribution is 0.0939. The molecule has 0 unspecified atom stereocenters. The van der Waals surface area contributed by atoms with Crippen LogP contribution < -0.4 is 5.32 Å². The number of carbonyl (C=O) groups excluding carboxylic acids is 1. The van der Waals surface area contributed by atoms with Crippen molar-refractivity contribution in [3.63, 3.8) is 0 Å². The Kier molecular flexibility index (Phi) is 6.88. The second kappa shape index (κ2) is 9.18. The van der Waals surface area contributed by atoms with E-state index in [1.807, 2.05) is 4.68 Å². The van der Waals surface area contributed by atoms with Gasteiger partial charge in [0, 0.05) is 26.2 Å². The van der Waals surface area contributed by atoms with E-state index in [2.05, 4.69) is 41.3 Å². The summed E-state index contributed by atoms with van der Waals surface area (Å²) in [5, 5.41) is 19.6. The number of piperidine rings is 1. The Morgan fingerprint density at radius 3 is 2.79 bits per heavy atom. The topological polar surface area (TPSA) is 83.3 Å². The van der Waals surface area contributed by atoms with Crippen LogP contribution in [0.1, 0.15) is 75.8 Å². The van der Waals surface area contributed by atoms with Gasteiger partial charge in [-0.05, 0) is 50.9 Å². The van der Waals surface area contributed by atoms with Gasteiger partial charge in [0.15, 0.2) is 5.69 Å². The number of hydrogen-bond donors (Lipinski definition) is 2. The van der Waals surface area contributed by atoms with Gasteiger partial charge in [0.05, 0.1) is 18.8 Å². The molecule has 0 spiro atoms. The third-order valence-corrected chi connectivity index (χ3v) is 6.44. The fourth-order valence-corrected chi connectivity index (χ4v) is 4.72. The van der Waals surface area contributed by atoms with Crippen LogP contribution >= 0.6 is 0 Å². The Bertz CT molecular complexity index is 701. The van der Waals surface area contributed by atoms with Crippen LogP contribution in [0.3, 0.4) is 0 Å². The number of aliphatic hydroxyl groups excluding tert-OH is 1. The number of likely N-dealkylation sites (tertiary alicyclic amines) is 1. The average molecular weight is 390 g/mol. The molecule has 3 rings (SSSR count). The van der Waals surface area contributed by atoms with E-state index in [-0.39, 0.29) is 19.1 Å². The van der Waals surface area contributed by atoms with E-state index in [1.54, 1.807) is 17.3 Å². The summed E-state index contributed by atoms with van der Waals surface area (Å²) >= 11 is 0. The predicted octanol–water partition coefficient (Wildman–Crippen LogP) is 2.55. The molecule has 0 atom stereocenters. The average Bonchev–Trinajstić information content (AvgIpc) is 3.16. The molecule has 0 radical (unpaired) electrons. The zero-order valence-corrected chi connectivity index (χ0v) is 17.6. The van der Waals surface area contributed by atoms with Crippen molar-refractivity contribution >= 4 is 5.91 Å². The summed E-state index contributed by atoms with van der Waals surface area (Å²) in [5.74, 6) is -0.281. The lowest BCUT2D eigenvalue weighted by Gasteiger charge is -2.37. The molecule has 1 amide bonds. The molecule has 2 heterocycles. The SMILES string of the molecule is CC1=C(CCN2CCC(n3cc(C(=O)NCCO)nn3)CC2)C(C)(C)CCC1. The van der Waals surface area contributed by atoms with Gasteiger partial charge < -0.3 is 15.3 Å². The van der Waals surface area contributed by atoms with Crippen LogP contribution in [0.4, 0.5) is 0 Å². The van der Waals surface area contributed by atoms with Crippen LogP contribution in [0.15, 0.2) is 17.3 Å². The normalized spacial score (nSPS) is 21.1. The van der Waals surface area contributed by atoms with E-state index in [4.69, 9.17) is 5.11 Å². The third kappa shape index (κ3) is 5.00. The number of hydrogen-bond acceptors (Lipinski definition) is 5. The van der Waals surface area contributed by atoms with E-state index in [0.29, 0.717) is 17.2 Å². The highest BCUT2D eigenvalue weighted by atomic mass is 16.3. The number of rotatable bonds is 7. The highest BCUT2D eigenvalue weighted by Gasteiger charge is 2.29. The van der Waals surface area contributed by atoms with Crippen molar-refractivity contribution < 1.29 is 9.90 Å². The molecule has 1 saturated heterocycles. The van der Waals surface area contributed by atoms with Crippen LogP contribution in [0.25, 0.3) is 0 Å². The molecule has 7 heteroatoms. The van der Waals surface area contributed by atoms with Crippen LogP contribution in [0.5, 0.6) is 0 Å². The molecule has 1 aromatic rings. The molecule has 1 aliphatic heterocycles. The van der Waals surface area contributed by atoms with Gasteiger partial charge in [0.1, 0.15) is 0 Å². The number of nitrogens with one attached hydrogen (secondary N) is 1. The molecule has 7 nitrogen and oxygen atoms in total. The minimum absolute atomic E-state index is 0.0774. The highest BCUT2D eigenvalue weighted by Crippen LogP contribution is 2.41. The van der Waals surface area contributed by atoms with E-state index in [9.17, 15) is 4.79 Å².